The van der Waals surface area contributed by atoms with E-state index in [0.717, 1.165) is 5.02 Å². The standard InChI is InChI=1S/C14H21Cl/c1-13(2,3)10-8-7-9-11(15)12(10)14(4,5)6/h7-9H,1-6H3. The maximum absolute atomic E-state index is 6.32. The number of halogens is 1. The van der Waals surface area contributed by atoms with Crippen molar-refractivity contribution in [3.8, 4) is 0 Å². The third-order valence-electron chi connectivity index (χ3n) is 2.57. The monoisotopic (exact) mass is 224 g/mol. The van der Waals surface area contributed by atoms with Crippen LogP contribution >= 0.6 is 11.6 Å². The lowest BCUT2D eigenvalue weighted by atomic mass is 9.75. The Balaban J connectivity index is 3.48. The molecule has 0 N–H and O–H groups in total. The zero-order chi connectivity index (χ0) is 11.9. The number of hydrogen-bond donors (Lipinski definition) is 0. The largest absolute Gasteiger partial charge is 0.0840 e. The van der Waals surface area contributed by atoms with Crippen LogP contribution in [0.3, 0.4) is 0 Å². The van der Waals surface area contributed by atoms with Crippen molar-refractivity contribution in [3.63, 3.8) is 0 Å². The summed E-state index contributed by atoms with van der Waals surface area (Å²) in [6, 6.07) is 6.21. The fraction of sp³-hybridized carbons (Fsp3) is 0.571. The minimum atomic E-state index is 0.0982. The molecule has 84 valence electrons. The zero-order valence-electron chi connectivity index (χ0n) is 10.6. The van der Waals surface area contributed by atoms with Crippen LogP contribution in [-0.4, -0.2) is 0 Å². The summed E-state index contributed by atoms with van der Waals surface area (Å²) in [6.45, 7) is 13.3. The lowest BCUT2D eigenvalue weighted by Crippen LogP contribution is -2.22. The summed E-state index contributed by atoms with van der Waals surface area (Å²) >= 11 is 6.32. The molecule has 0 amide bonds. The van der Waals surface area contributed by atoms with Crippen LogP contribution in [0, 0.1) is 0 Å². The summed E-state index contributed by atoms with van der Waals surface area (Å²) in [5.74, 6) is 0. The number of benzene rings is 1. The van der Waals surface area contributed by atoms with Gasteiger partial charge in [-0.15, -0.1) is 0 Å². The van der Waals surface area contributed by atoms with Crippen LogP contribution in [-0.2, 0) is 10.8 Å². The third-order valence-corrected chi connectivity index (χ3v) is 2.89. The van der Waals surface area contributed by atoms with E-state index in [4.69, 9.17) is 11.6 Å². The molecule has 0 nitrogen and oxygen atoms in total. The predicted octanol–water partition coefficient (Wildman–Crippen LogP) is 4.94. The van der Waals surface area contributed by atoms with Gasteiger partial charge >= 0.3 is 0 Å². The van der Waals surface area contributed by atoms with E-state index in [1.54, 1.807) is 0 Å². The van der Waals surface area contributed by atoms with Gasteiger partial charge in [-0.1, -0.05) is 65.3 Å². The molecule has 0 aliphatic carbocycles. The van der Waals surface area contributed by atoms with E-state index in [-0.39, 0.29) is 10.8 Å². The van der Waals surface area contributed by atoms with Crippen LogP contribution < -0.4 is 0 Å². The molecule has 1 rings (SSSR count). The third kappa shape index (κ3) is 2.75. The first-order chi connectivity index (χ1) is 6.64. The SMILES string of the molecule is CC(C)(C)c1cccc(Cl)c1C(C)(C)C. The molecule has 0 saturated heterocycles. The first kappa shape index (κ1) is 12.6. The van der Waals surface area contributed by atoms with Gasteiger partial charge in [0.05, 0.1) is 0 Å². The van der Waals surface area contributed by atoms with E-state index in [1.165, 1.54) is 11.1 Å². The Labute approximate surface area is 98.7 Å². The van der Waals surface area contributed by atoms with Gasteiger partial charge in [-0.05, 0) is 28.0 Å². The first-order valence-corrected chi connectivity index (χ1v) is 5.81. The highest BCUT2D eigenvalue weighted by molar-refractivity contribution is 6.31. The molecule has 1 aromatic rings. The lowest BCUT2D eigenvalue weighted by Gasteiger charge is -2.30. The molecule has 0 aliphatic rings. The van der Waals surface area contributed by atoms with Crippen molar-refractivity contribution in [1.29, 1.82) is 0 Å². The average molecular weight is 225 g/mol. The van der Waals surface area contributed by atoms with E-state index < -0.39 is 0 Å². The van der Waals surface area contributed by atoms with E-state index in [0.29, 0.717) is 0 Å². The van der Waals surface area contributed by atoms with Crippen molar-refractivity contribution in [2.24, 2.45) is 0 Å². The second kappa shape index (κ2) is 3.83. The molecule has 1 aromatic carbocycles. The van der Waals surface area contributed by atoms with Crippen LogP contribution in [0.2, 0.25) is 5.02 Å². The van der Waals surface area contributed by atoms with Crippen LogP contribution in [0.5, 0.6) is 0 Å². The van der Waals surface area contributed by atoms with Gasteiger partial charge in [0.25, 0.3) is 0 Å². The molecule has 0 atom stereocenters. The maximum atomic E-state index is 6.32. The van der Waals surface area contributed by atoms with Crippen molar-refractivity contribution in [1.82, 2.24) is 0 Å². The molecule has 0 spiro atoms. The molecular weight excluding hydrogens is 204 g/mol. The lowest BCUT2D eigenvalue weighted by molar-refractivity contribution is 0.530. The Hall–Kier alpha value is -0.490. The minimum absolute atomic E-state index is 0.0982. The Bertz CT molecular complexity index is 351. The van der Waals surface area contributed by atoms with Gasteiger partial charge in [0.15, 0.2) is 0 Å². The van der Waals surface area contributed by atoms with Gasteiger partial charge in [-0.2, -0.15) is 0 Å². The van der Waals surface area contributed by atoms with E-state index in [1.807, 2.05) is 12.1 Å². The van der Waals surface area contributed by atoms with Crippen molar-refractivity contribution in [2.75, 3.05) is 0 Å². The first-order valence-electron chi connectivity index (χ1n) is 5.43. The molecule has 0 fully saturated rings. The van der Waals surface area contributed by atoms with Crippen molar-refractivity contribution in [3.05, 3.63) is 34.3 Å². The Kier molecular flexibility index (Phi) is 3.21. The summed E-state index contributed by atoms with van der Waals surface area (Å²) in [7, 11) is 0. The molecule has 0 aliphatic heterocycles. The van der Waals surface area contributed by atoms with Crippen LogP contribution in [0.25, 0.3) is 0 Å². The van der Waals surface area contributed by atoms with Gasteiger partial charge in [0.2, 0.25) is 0 Å². The van der Waals surface area contributed by atoms with Gasteiger partial charge < -0.3 is 0 Å². The average Bonchev–Trinajstić information content (AvgIpc) is 1.99. The molecule has 0 bridgehead atoms. The van der Waals surface area contributed by atoms with Crippen molar-refractivity contribution < 1.29 is 0 Å². The second-order valence-electron chi connectivity index (χ2n) is 6.16. The molecule has 15 heavy (non-hydrogen) atoms. The van der Waals surface area contributed by atoms with Crippen LogP contribution in [0.4, 0.5) is 0 Å². The summed E-state index contributed by atoms with van der Waals surface area (Å²) in [6.07, 6.45) is 0. The fourth-order valence-electron chi connectivity index (χ4n) is 1.91. The van der Waals surface area contributed by atoms with E-state index in [2.05, 4.69) is 47.6 Å². The van der Waals surface area contributed by atoms with Crippen molar-refractivity contribution in [2.45, 2.75) is 52.4 Å². The smallest absolute Gasteiger partial charge is 0.0446 e. The molecule has 0 heterocycles. The highest BCUT2D eigenvalue weighted by Gasteiger charge is 2.26. The van der Waals surface area contributed by atoms with E-state index in [9.17, 15) is 0 Å². The number of hydrogen-bond acceptors (Lipinski definition) is 0. The van der Waals surface area contributed by atoms with Gasteiger partial charge in [0.1, 0.15) is 0 Å². The highest BCUT2D eigenvalue weighted by Crippen LogP contribution is 2.37. The Morgan fingerprint density at radius 3 is 1.73 bits per heavy atom. The molecule has 0 aromatic heterocycles. The van der Waals surface area contributed by atoms with Gasteiger partial charge in [0, 0.05) is 5.02 Å². The minimum Gasteiger partial charge on any atom is -0.0840 e. The molecule has 1 heteroatoms. The summed E-state index contributed by atoms with van der Waals surface area (Å²) in [5.41, 5.74) is 2.87. The molecule has 0 radical (unpaired) electrons. The van der Waals surface area contributed by atoms with Crippen LogP contribution in [0.15, 0.2) is 18.2 Å². The zero-order valence-corrected chi connectivity index (χ0v) is 11.4. The Morgan fingerprint density at radius 1 is 0.867 bits per heavy atom. The fourth-order valence-corrected chi connectivity index (χ4v) is 2.37. The van der Waals surface area contributed by atoms with E-state index >= 15 is 0 Å². The normalized spacial score (nSPS) is 13.0. The topological polar surface area (TPSA) is 0 Å². The Morgan fingerprint density at radius 2 is 1.40 bits per heavy atom. The summed E-state index contributed by atoms with van der Waals surface area (Å²) in [4.78, 5) is 0. The van der Waals surface area contributed by atoms with Gasteiger partial charge in [-0.3, -0.25) is 0 Å². The van der Waals surface area contributed by atoms with Crippen molar-refractivity contribution >= 4 is 11.6 Å². The number of rotatable bonds is 0. The molecule has 0 unspecified atom stereocenters. The predicted molar refractivity (Wildman–Crippen MR) is 68.9 cm³/mol. The molecular formula is C14H21Cl. The maximum Gasteiger partial charge on any atom is 0.0446 e. The quantitative estimate of drug-likeness (QED) is 0.586. The van der Waals surface area contributed by atoms with Crippen LogP contribution in [0.1, 0.15) is 52.7 Å². The second-order valence-corrected chi connectivity index (χ2v) is 6.57. The molecule has 0 saturated carbocycles. The van der Waals surface area contributed by atoms with Gasteiger partial charge in [-0.25, -0.2) is 0 Å². The summed E-state index contributed by atoms with van der Waals surface area (Å²) < 4.78 is 0. The summed E-state index contributed by atoms with van der Waals surface area (Å²) in [5, 5.41) is 0.884. The highest BCUT2D eigenvalue weighted by atomic mass is 35.5.